The second-order valence-corrected chi connectivity index (χ2v) is 9.19. The fourth-order valence-corrected chi connectivity index (χ4v) is 5.12. The van der Waals surface area contributed by atoms with Crippen LogP contribution in [-0.4, -0.2) is 16.8 Å². The summed E-state index contributed by atoms with van der Waals surface area (Å²) in [6, 6.07) is 16.8. The van der Waals surface area contributed by atoms with Crippen molar-refractivity contribution < 1.29 is 0 Å². The molecule has 0 saturated carbocycles. The van der Waals surface area contributed by atoms with Crippen LogP contribution in [0.25, 0.3) is 11.1 Å². The average molecular weight is 288 g/mol. The first-order valence-corrected chi connectivity index (χ1v) is 8.93. The Labute approximate surface area is 120 Å². The van der Waals surface area contributed by atoms with E-state index in [1.165, 1.54) is 22.6 Å². The molecule has 0 amide bonds. The Kier molecular flexibility index (Phi) is 2.59. The first kappa shape index (κ1) is 11.7. The molecule has 2 saturated heterocycles. The Balaban J connectivity index is 1.46. The van der Waals surface area contributed by atoms with Gasteiger partial charge in [0.05, 0.1) is 0 Å². The van der Waals surface area contributed by atoms with Gasteiger partial charge in [0.25, 0.3) is 0 Å². The first-order valence-electron chi connectivity index (χ1n) is 6.45. The Bertz CT molecular complexity index is 601. The molecule has 0 aliphatic carbocycles. The number of hydrazine groups is 1. The largest absolute Gasteiger partial charge is 0.313 e. The second kappa shape index (κ2) is 4.20. The molecule has 2 fully saturated rings. The zero-order valence-corrected chi connectivity index (χ0v) is 12.2. The zero-order valence-electron chi connectivity index (χ0n) is 10.5. The summed E-state index contributed by atoms with van der Waals surface area (Å²) >= 11 is 4.31. The van der Waals surface area contributed by atoms with Gasteiger partial charge in [-0.05, 0) is 35.4 Å². The fourth-order valence-electron chi connectivity index (χ4n) is 2.26. The summed E-state index contributed by atoms with van der Waals surface area (Å²) in [5.74, 6) is 2.85. The van der Waals surface area contributed by atoms with Gasteiger partial charge in [0.15, 0.2) is 0 Å². The molecule has 4 rings (SSSR count). The van der Waals surface area contributed by atoms with E-state index in [9.17, 15) is 0 Å². The van der Waals surface area contributed by atoms with E-state index in [0.717, 1.165) is 15.8 Å². The zero-order chi connectivity index (χ0) is 12.9. The van der Waals surface area contributed by atoms with Crippen molar-refractivity contribution in [1.29, 1.82) is 0 Å². The molecule has 19 heavy (non-hydrogen) atoms. The van der Waals surface area contributed by atoms with E-state index >= 15 is 0 Å². The Hall–Kier alpha value is -1.10. The highest BCUT2D eigenvalue weighted by atomic mass is 32.3. The predicted octanol–water partition coefficient (Wildman–Crippen LogP) is 3.67. The number of hydrogen-bond acceptors (Lipinski definition) is 3. The fraction of sp³-hybridized carbons (Fsp3) is 0.200. The quantitative estimate of drug-likeness (QED) is 0.454. The number of benzene rings is 2. The number of hydrogen-bond donors (Lipinski definition) is 3. The Morgan fingerprint density at radius 1 is 0.895 bits per heavy atom. The summed E-state index contributed by atoms with van der Waals surface area (Å²) in [4.78, 5) is 4.51. The topological polar surface area (TPSA) is 24.1 Å². The van der Waals surface area contributed by atoms with Crippen molar-refractivity contribution in [3.8, 4) is 11.1 Å². The van der Waals surface area contributed by atoms with Gasteiger partial charge in [0.2, 0.25) is 0 Å². The number of nitrogens with one attached hydrogen (secondary N) is 2. The van der Waals surface area contributed by atoms with E-state index in [1.807, 2.05) is 12.1 Å². The number of fused-ring (bicyclic) bond motifs is 1. The van der Waals surface area contributed by atoms with E-state index in [1.54, 1.807) is 0 Å². The third-order valence-corrected chi connectivity index (χ3v) is 7.41. The summed E-state index contributed by atoms with van der Waals surface area (Å²) in [6.07, 6.45) is 0. The van der Waals surface area contributed by atoms with Crippen LogP contribution in [-0.2, 0) is 0 Å². The van der Waals surface area contributed by atoms with E-state index in [-0.39, 0.29) is 10.2 Å². The molecule has 0 spiro atoms. The van der Waals surface area contributed by atoms with Crippen LogP contribution in [0.3, 0.4) is 0 Å². The molecule has 2 aromatic carbocycles. The first-order chi connectivity index (χ1) is 9.25. The van der Waals surface area contributed by atoms with Gasteiger partial charge in [-0.3, -0.25) is 0 Å². The monoisotopic (exact) mass is 288 g/mol. The lowest BCUT2D eigenvalue weighted by Gasteiger charge is -2.13. The Morgan fingerprint density at radius 2 is 1.42 bits per heavy atom. The minimum absolute atomic E-state index is 0.342. The van der Waals surface area contributed by atoms with Gasteiger partial charge in [-0.1, -0.05) is 24.3 Å². The summed E-state index contributed by atoms with van der Waals surface area (Å²) < 4.78 is 0. The molecule has 0 radical (unpaired) electrons. The van der Waals surface area contributed by atoms with Crippen LogP contribution in [0.2, 0.25) is 0 Å². The van der Waals surface area contributed by atoms with Crippen LogP contribution in [0.1, 0.15) is 0 Å². The minimum atomic E-state index is -0.342. The molecule has 2 aromatic rings. The van der Waals surface area contributed by atoms with E-state index < -0.39 is 0 Å². The minimum Gasteiger partial charge on any atom is -0.313 e. The van der Waals surface area contributed by atoms with Crippen molar-refractivity contribution in [2.45, 2.75) is 10.1 Å². The average Bonchev–Trinajstić information content (AvgIpc) is 3.28. The van der Waals surface area contributed by atoms with Gasteiger partial charge in [0.1, 0.15) is 0 Å². The molecule has 2 N–H and O–H groups in total. The molecule has 2 aliphatic rings. The van der Waals surface area contributed by atoms with Crippen LogP contribution in [0.15, 0.2) is 53.4 Å². The molecular weight excluding hydrogens is 272 g/mol. The second-order valence-electron chi connectivity index (χ2n) is 5.25. The molecular formula is C15H16N2S2. The van der Waals surface area contributed by atoms with Crippen LogP contribution < -0.4 is 10.3 Å². The maximum Gasteiger partial charge on any atom is 0.0496 e. The molecule has 0 unspecified atom stereocenters. The summed E-state index contributed by atoms with van der Waals surface area (Å²) in [5.41, 5.74) is 6.96. The number of rotatable bonds is 4. The van der Waals surface area contributed by atoms with Gasteiger partial charge >= 0.3 is 0 Å². The van der Waals surface area contributed by atoms with Gasteiger partial charge in [-0.15, -0.1) is 12.6 Å². The normalized spacial score (nSPS) is 30.1. The van der Waals surface area contributed by atoms with Crippen LogP contribution in [0, 0.1) is 0 Å². The van der Waals surface area contributed by atoms with Gasteiger partial charge < -0.3 is 5.43 Å². The molecule has 4 heteroatoms. The van der Waals surface area contributed by atoms with Crippen LogP contribution >= 0.6 is 22.8 Å². The third-order valence-electron chi connectivity index (χ3n) is 3.86. The summed E-state index contributed by atoms with van der Waals surface area (Å²) in [7, 11) is -0.342. The lowest BCUT2D eigenvalue weighted by atomic mass is 10.1. The van der Waals surface area contributed by atoms with Gasteiger partial charge in [-0.2, -0.15) is 15.0 Å². The maximum atomic E-state index is 4.31. The van der Waals surface area contributed by atoms with Crippen molar-refractivity contribution in [2.75, 3.05) is 16.9 Å². The maximum absolute atomic E-state index is 4.31. The number of anilines is 1. The number of thiol groups is 1. The lowest BCUT2D eigenvalue weighted by molar-refractivity contribution is 1.20. The molecule has 0 aromatic heterocycles. The highest BCUT2D eigenvalue weighted by Gasteiger charge is 2.65. The third kappa shape index (κ3) is 2.24. The van der Waals surface area contributed by atoms with Crippen molar-refractivity contribution >= 4 is 28.5 Å². The SMILES string of the molecule is Sc1ccc(-c2ccc(NNS34CC3C4)cc2)cc1. The molecule has 2 heterocycles. The van der Waals surface area contributed by atoms with Crippen LogP contribution in [0.5, 0.6) is 0 Å². The van der Waals surface area contributed by atoms with Gasteiger partial charge in [0, 0.05) is 27.3 Å². The van der Waals surface area contributed by atoms with E-state index in [0.29, 0.717) is 0 Å². The summed E-state index contributed by atoms with van der Waals surface area (Å²) in [5, 5.41) is 1.03. The van der Waals surface area contributed by atoms with E-state index in [2.05, 4.69) is 59.3 Å². The Morgan fingerprint density at radius 3 is 1.95 bits per heavy atom. The molecule has 0 atom stereocenters. The molecule has 98 valence electrons. The molecule has 0 bridgehead atoms. The van der Waals surface area contributed by atoms with Crippen molar-refractivity contribution in [2.24, 2.45) is 0 Å². The molecule has 2 aliphatic heterocycles. The molecule has 2 nitrogen and oxygen atoms in total. The highest BCUT2D eigenvalue weighted by Crippen LogP contribution is 2.81. The standard InChI is InChI=1S/C15H16N2S2/c18-14-7-3-12(4-8-14)11-1-5-13(6-2-11)16-17-19-9-15(19)10-19/h1-8,15-18H,9-10H2. The lowest BCUT2D eigenvalue weighted by Crippen LogP contribution is -2.16. The van der Waals surface area contributed by atoms with Gasteiger partial charge in [-0.25, -0.2) is 0 Å². The van der Waals surface area contributed by atoms with E-state index in [4.69, 9.17) is 0 Å². The predicted molar refractivity (Wildman–Crippen MR) is 87.0 cm³/mol. The van der Waals surface area contributed by atoms with Crippen LogP contribution in [0.4, 0.5) is 5.69 Å². The summed E-state index contributed by atoms with van der Waals surface area (Å²) in [6.45, 7) is 0. The van der Waals surface area contributed by atoms with Crippen molar-refractivity contribution in [3.63, 3.8) is 0 Å². The highest BCUT2D eigenvalue weighted by molar-refractivity contribution is 8.45. The van der Waals surface area contributed by atoms with Crippen molar-refractivity contribution in [1.82, 2.24) is 4.83 Å². The smallest absolute Gasteiger partial charge is 0.0496 e. The van der Waals surface area contributed by atoms with Crippen molar-refractivity contribution in [3.05, 3.63) is 48.5 Å².